The third-order valence-corrected chi connectivity index (χ3v) is 6.17. The van der Waals surface area contributed by atoms with Crippen LogP contribution in [0.15, 0.2) is 0 Å². The Morgan fingerprint density at radius 3 is 2.35 bits per heavy atom. The number of nitrogens with one attached hydrogen (secondary N) is 1. The van der Waals surface area contributed by atoms with Gasteiger partial charge >= 0.3 is 0 Å². The Balaban J connectivity index is 2.72. The summed E-state index contributed by atoms with van der Waals surface area (Å²) in [6.45, 7) is 8.09. The number of carbonyl (C=O) groups is 2. The SMILES string of the molecule is CCCCCNC(=O)C(C)(C)C(=O)N(CC)C1CCS(=O)(=O)C1. The van der Waals surface area contributed by atoms with Gasteiger partial charge in [-0.25, -0.2) is 8.42 Å². The molecular formula is C16H30N2O4S. The van der Waals surface area contributed by atoms with Crippen LogP contribution in [0.4, 0.5) is 0 Å². The molecule has 6 nitrogen and oxygen atoms in total. The molecule has 1 aliphatic heterocycles. The number of amides is 2. The van der Waals surface area contributed by atoms with Crippen LogP contribution < -0.4 is 5.32 Å². The van der Waals surface area contributed by atoms with Crippen molar-refractivity contribution < 1.29 is 18.0 Å². The van der Waals surface area contributed by atoms with Crippen LogP contribution in [0, 0.1) is 5.41 Å². The largest absolute Gasteiger partial charge is 0.355 e. The fraction of sp³-hybridized carbons (Fsp3) is 0.875. The van der Waals surface area contributed by atoms with Gasteiger partial charge in [0.1, 0.15) is 5.41 Å². The molecule has 23 heavy (non-hydrogen) atoms. The van der Waals surface area contributed by atoms with Crippen LogP contribution in [0.25, 0.3) is 0 Å². The molecule has 1 atom stereocenters. The quantitative estimate of drug-likeness (QED) is 0.531. The van der Waals surface area contributed by atoms with Gasteiger partial charge < -0.3 is 10.2 Å². The molecule has 7 heteroatoms. The van der Waals surface area contributed by atoms with E-state index in [0.717, 1.165) is 19.3 Å². The van der Waals surface area contributed by atoms with Gasteiger partial charge in [-0.3, -0.25) is 9.59 Å². The van der Waals surface area contributed by atoms with Crippen LogP contribution >= 0.6 is 0 Å². The zero-order valence-electron chi connectivity index (χ0n) is 14.7. The lowest BCUT2D eigenvalue weighted by Crippen LogP contribution is -2.53. The fourth-order valence-electron chi connectivity index (χ4n) is 2.84. The van der Waals surface area contributed by atoms with Crippen LogP contribution in [-0.4, -0.2) is 55.8 Å². The van der Waals surface area contributed by atoms with E-state index in [2.05, 4.69) is 12.2 Å². The number of unbranched alkanes of at least 4 members (excludes halogenated alkanes) is 2. The summed E-state index contributed by atoms with van der Waals surface area (Å²) in [6.07, 6.45) is 3.45. The van der Waals surface area contributed by atoms with Gasteiger partial charge in [-0.1, -0.05) is 19.8 Å². The summed E-state index contributed by atoms with van der Waals surface area (Å²) in [4.78, 5) is 26.7. The Kier molecular flexibility index (Phi) is 7.04. The molecule has 0 saturated carbocycles. The molecular weight excluding hydrogens is 316 g/mol. The Hall–Kier alpha value is -1.11. The van der Waals surface area contributed by atoms with Gasteiger partial charge in [0, 0.05) is 19.1 Å². The number of carbonyl (C=O) groups excluding carboxylic acids is 2. The third kappa shape index (κ3) is 5.19. The predicted octanol–water partition coefficient (Wildman–Crippen LogP) is 1.35. The van der Waals surface area contributed by atoms with Crippen LogP contribution in [-0.2, 0) is 19.4 Å². The maximum Gasteiger partial charge on any atom is 0.237 e. The van der Waals surface area contributed by atoms with E-state index in [1.807, 2.05) is 6.92 Å². The first-order valence-corrected chi connectivity index (χ1v) is 10.3. The maximum absolute atomic E-state index is 12.8. The van der Waals surface area contributed by atoms with Crippen molar-refractivity contribution in [3.8, 4) is 0 Å². The van der Waals surface area contributed by atoms with Crippen molar-refractivity contribution in [2.24, 2.45) is 5.41 Å². The van der Waals surface area contributed by atoms with Gasteiger partial charge in [0.15, 0.2) is 9.84 Å². The maximum atomic E-state index is 12.8. The van der Waals surface area contributed by atoms with Crippen molar-refractivity contribution in [2.75, 3.05) is 24.6 Å². The van der Waals surface area contributed by atoms with Gasteiger partial charge in [-0.05, 0) is 33.6 Å². The first-order chi connectivity index (χ1) is 10.7. The highest BCUT2D eigenvalue weighted by Crippen LogP contribution is 2.25. The number of nitrogens with zero attached hydrogens (tertiary/aromatic N) is 1. The molecule has 0 aromatic heterocycles. The number of rotatable bonds is 8. The van der Waals surface area contributed by atoms with Gasteiger partial charge in [0.2, 0.25) is 11.8 Å². The van der Waals surface area contributed by atoms with Crippen LogP contribution in [0.5, 0.6) is 0 Å². The minimum absolute atomic E-state index is 0.000773. The van der Waals surface area contributed by atoms with Gasteiger partial charge in [-0.15, -0.1) is 0 Å². The van der Waals surface area contributed by atoms with E-state index in [9.17, 15) is 18.0 Å². The molecule has 0 bridgehead atoms. The molecule has 0 aliphatic carbocycles. The monoisotopic (exact) mass is 346 g/mol. The number of sulfone groups is 1. The van der Waals surface area contributed by atoms with Crippen molar-refractivity contribution in [1.82, 2.24) is 10.2 Å². The third-order valence-electron chi connectivity index (χ3n) is 4.42. The molecule has 1 N–H and O–H groups in total. The molecule has 0 spiro atoms. The molecule has 0 aromatic rings. The predicted molar refractivity (Wildman–Crippen MR) is 90.8 cm³/mol. The first kappa shape index (κ1) is 19.9. The van der Waals surface area contributed by atoms with Crippen LogP contribution in [0.1, 0.15) is 53.4 Å². The van der Waals surface area contributed by atoms with E-state index in [1.165, 1.54) is 0 Å². The lowest BCUT2D eigenvalue weighted by atomic mass is 9.89. The molecule has 1 heterocycles. The fourth-order valence-corrected chi connectivity index (χ4v) is 4.57. The van der Waals surface area contributed by atoms with E-state index in [0.29, 0.717) is 19.5 Å². The highest BCUT2D eigenvalue weighted by Gasteiger charge is 2.43. The van der Waals surface area contributed by atoms with Crippen molar-refractivity contribution >= 4 is 21.7 Å². The summed E-state index contributed by atoms with van der Waals surface area (Å²) < 4.78 is 23.3. The minimum atomic E-state index is -3.06. The molecule has 0 aromatic carbocycles. The first-order valence-electron chi connectivity index (χ1n) is 8.45. The van der Waals surface area contributed by atoms with Gasteiger partial charge in [-0.2, -0.15) is 0 Å². The van der Waals surface area contributed by atoms with Crippen LogP contribution in [0.2, 0.25) is 0 Å². The van der Waals surface area contributed by atoms with Crippen LogP contribution in [0.3, 0.4) is 0 Å². The molecule has 1 rings (SSSR count). The Bertz CT molecular complexity index is 528. The highest BCUT2D eigenvalue weighted by atomic mass is 32.2. The molecule has 2 amide bonds. The molecule has 1 fully saturated rings. The topological polar surface area (TPSA) is 83.6 Å². The van der Waals surface area contributed by atoms with Crippen molar-refractivity contribution in [3.63, 3.8) is 0 Å². The van der Waals surface area contributed by atoms with Crippen molar-refractivity contribution in [2.45, 2.75) is 59.4 Å². The zero-order chi connectivity index (χ0) is 17.7. The second kappa shape index (κ2) is 8.13. The van der Waals surface area contributed by atoms with Crippen molar-refractivity contribution in [3.05, 3.63) is 0 Å². The zero-order valence-corrected chi connectivity index (χ0v) is 15.5. The lowest BCUT2D eigenvalue weighted by Gasteiger charge is -2.34. The Morgan fingerprint density at radius 1 is 1.22 bits per heavy atom. The summed E-state index contributed by atoms with van der Waals surface area (Å²) in [5, 5.41) is 2.82. The summed E-state index contributed by atoms with van der Waals surface area (Å²) in [6, 6.07) is -0.315. The molecule has 1 unspecified atom stereocenters. The summed E-state index contributed by atoms with van der Waals surface area (Å²) in [7, 11) is -3.06. The van der Waals surface area contributed by atoms with E-state index in [1.54, 1.807) is 18.7 Å². The molecule has 134 valence electrons. The van der Waals surface area contributed by atoms with Crippen molar-refractivity contribution in [1.29, 1.82) is 0 Å². The molecule has 1 aliphatic rings. The molecule has 1 saturated heterocycles. The van der Waals surface area contributed by atoms with E-state index < -0.39 is 15.3 Å². The van der Waals surface area contributed by atoms with E-state index in [-0.39, 0.29) is 29.4 Å². The smallest absolute Gasteiger partial charge is 0.237 e. The van der Waals surface area contributed by atoms with E-state index >= 15 is 0 Å². The van der Waals surface area contributed by atoms with E-state index in [4.69, 9.17) is 0 Å². The normalized spacial score (nSPS) is 20.3. The number of hydrogen-bond donors (Lipinski definition) is 1. The summed E-state index contributed by atoms with van der Waals surface area (Å²) >= 11 is 0. The Labute approximate surface area is 139 Å². The standard InChI is InChI=1S/C16H30N2O4S/c1-5-7-8-10-17-14(19)16(3,4)15(20)18(6-2)13-9-11-23(21,22)12-13/h13H,5-12H2,1-4H3,(H,17,19). The minimum Gasteiger partial charge on any atom is -0.355 e. The average molecular weight is 346 g/mol. The summed E-state index contributed by atoms with van der Waals surface area (Å²) in [5.74, 6) is -0.473. The molecule has 0 radical (unpaired) electrons. The second-order valence-corrected chi connectivity index (χ2v) is 8.96. The summed E-state index contributed by atoms with van der Waals surface area (Å²) in [5.41, 5.74) is -1.19. The second-order valence-electron chi connectivity index (χ2n) is 6.74. The van der Waals surface area contributed by atoms with Gasteiger partial charge in [0.25, 0.3) is 0 Å². The Morgan fingerprint density at radius 2 is 1.87 bits per heavy atom. The lowest BCUT2D eigenvalue weighted by molar-refractivity contribution is -0.149. The van der Waals surface area contributed by atoms with Gasteiger partial charge in [0.05, 0.1) is 11.5 Å². The number of hydrogen-bond acceptors (Lipinski definition) is 4. The average Bonchev–Trinajstić information content (AvgIpc) is 2.84. The highest BCUT2D eigenvalue weighted by molar-refractivity contribution is 7.91.